The molecular formula is C35H37NO. The molecule has 2 heterocycles. The van der Waals surface area contributed by atoms with Crippen LogP contribution in [-0.4, -0.2) is 4.98 Å². The number of nitrogens with zero attached hydrogens (tertiary/aromatic N) is 1. The predicted octanol–water partition coefficient (Wildman–Crippen LogP) is 10.1. The number of pyridine rings is 1. The minimum absolute atomic E-state index is 0.0791. The third kappa shape index (κ3) is 4.17. The maximum atomic E-state index is 8.66. The quantitative estimate of drug-likeness (QED) is 0.226. The monoisotopic (exact) mass is 488 g/mol. The largest absolute Gasteiger partial charge is 0.456 e. The van der Waals surface area contributed by atoms with Crippen LogP contribution in [0.5, 0.6) is 11.5 Å². The first-order valence-electron chi connectivity index (χ1n) is 13.9. The van der Waals surface area contributed by atoms with E-state index >= 15 is 0 Å². The van der Waals surface area contributed by atoms with E-state index in [-0.39, 0.29) is 17.0 Å². The molecular weight excluding hydrogens is 450 g/mol. The molecule has 188 valence electrons. The maximum Gasteiger partial charge on any atom is 0.140 e. The van der Waals surface area contributed by atoms with E-state index in [4.69, 9.17) is 11.1 Å². The van der Waals surface area contributed by atoms with Crippen molar-refractivity contribution in [1.29, 1.82) is 0 Å². The number of benzene rings is 4. The van der Waals surface area contributed by atoms with Crippen LogP contribution < -0.4 is 4.74 Å². The van der Waals surface area contributed by atoms with Crippen molar-refractivity contribution < 1.29 is 6.11 Å². The molecule has 0 saturated carbocycles. The van der Waals surface area contributed by atoms with Crippen LogP contribution >= 0.6 is 0 Å². The molecule has 0 N–H and O–H groups in total. The van der Waals surface area contributed by atoms with Gasteiger partial charge in [0.2, 0.25) is 0 Å². The van der Waals surface area contributed by atoms with Crippen molar-refractivity contribution in [3.63, 3.8) is 0 Å². The van der Waals surface area contributed by atoms with Crippen molar-refractivity contribution in [3.8, 4) is 22.8 Å². The fourth-order valence-corrected chi connectivity index (χ4v) is 5.90. The van der Waals surface area contributed by atoms with Gasteiger partial charge >= 0.3 is 0 Å². The standard InChI is InChI=1S/C35H37NO/c1-20-13-23-16-28-32-31-26(11-12-36-32)25-10-9-22(18-34(3,4)5)15-24(25)17-30(31)37-33(28)29(19-35(6,7)8)27(23)14-21(20)2/h9-17H,18-19H2,1-8H3/i12D. The summed E-state index contributed by atoms with van der Waals surface area (Å²) in [7, 11) is 0. The van der Waals surface area contributed by atoms with E-state index in [1.165, 1.54) is 33.0 Å². The second-order valence-electron chi connectivity index (χ2n) is 13.4. The van der Waals surface area contributed by atoms with Gasteiger partial charge in [0.1, 0.15) is 11.5 Å². The van der Waals surface area contributed by atoms with Crippen LogP contribution in [0.3, 0.4) is 0 Å². The molecule has 0 bridgehead atoms. The van der Waals surface area contributed by atoms with Crippen LogP contribution in [0.1, 0.15) is 65.2 Å². The minimum atomic E-state index is 0.0791. The van der Waals surface area contributed by atoms with Gasteiger partial charge < -0.3 is 4.74 Å². The van der Waals surface area contributed by atoms with Crippen molar-refractivity contribution in [2.45, 2.75) is 68.2 Å². The molecule has 1 aliphatic rings. The second kappa shape index (κ2) is 8.05. The molecule has 0 amide bonds. The summed E-state index contributed by atoms with van der Waals surface area (Å²) in [6, 6.07) is 17.6. The Morgan fingerprint density at radius 3 is 2.19 bits per heavy atom. The Kier molecular flexibility index (Phi) is 4.96. The zero-order valence-corrected chi connectivity index (χ0v) is 23.4. The Morgan fingerprint density at radius 1 is 0.757 bits per heavy atom. The van der Waals surface area contributed by atoms with Gasteiger partial charge in [-0.2, -0.15) is 0 Å². The van der Waals surface area contributed by atoms with Crippen molar-refractivity contribution in [1.82, 2.24) is 4.98 Å². The Bertz CT molecular complexity index is 1780. The van der Waals surface area contributed by atoms with Crippen molar-refractivity contribution in [3.05, 3.63) is 77.0 Å². The van der Waals surface area contributed by atoms with E-state index in [1.54, 1.807) is 0 Å². The summed E-state index contributed by atoms with van der Waals surface area (Å²) in [6.07, 6.45) is 2.18. The molecule has 1 aromatic heterocycles. The summed E-state index contributed by atoms with van der Waals surface area (Å²) < 4.78 is 15.6. The van der Waals surface area contributed by atoms with Gasteiger partial charge in [0.15, 0.2) is 0 Å². The molecule has 0 unspecified atom stereocenters. The summed E-state index contributed by atoms with van der Waals surface area (Å²) in [6.45, 7) is 18.0. The van der Waals surface area contributed by atoms with E-state index in [0.29, 0.717) is 0 Å². The molecule has 0 radical (unpaired) electrons. The van der Waals surface area contributed by atoms with E-state index in [0.717, 1.165) is 57.1 Å². The first kappa shape index (κ1) is 22.8. The van der Waals surface area contributed by atoms with E-state index in [2.05, 4.69) is 97.9 Å². The lowest BCUT2D eigenvalue weighted by molar-refractivity contribution is 0.400. The number of hydrogen-bond acceptors (Lipinski definition) is 2. The SMILES string of the molecule is [2H]c1cc2c3c(cc4cc(CC(C)(C)C)ccc42)Oc2c(cc4cc(C)c(C)cc4c2CC(C)(C)C)-c3n1. The van der Waals surface area contributed by atoms with Crippen molar-refractivity contribution in [2.75, 3.05) is 0 Å². The molecule has 2 heteroatoms. The summed E-state index contributed by atoms with van der Waals surface area (Å²) >= 11 is 0. The van der Waals surface area contributed by atoms with Crippen LogP contribution in [0.2, 0.25) is 0 Å². The Morgan fingerprint density at radius 2 is 1.46 bits per heavy atom. The third-order valence-corrected chi connectivity index (χ3v) is 7.55. The smallest absolute Gasteiger partial charge is 0.140 e. The van der Waals surface area contributed by atoms with Gasteiger partial charge in [0.25, 0.3) is 0 Å². The van der Waals surface area contributed by atoms with Crippen LogP contribution in [-0.2, 0) is 12.8 Å². The number of fused-ring (bicyclic) bond motifs is 5. The summed E-state index contributed by atoms with van der Waals surface area (Å²) in [5.74, 6) is 1.74. The lowest BCUT2D eigenvalue weighted by atomic mass is 9.82. The third-order valence-electron chi connectivity index (χ3n) is 7.55. The molecule has 0 saturated heterocycles. The zero-order chi connectivity index (χ0) is 27.1. The van der Waals surface area contributed by atoms with E-state index in [1.807, 2.05) is 6.07 Å². The summed E-state index contributed by atoms with van der Waals surface area (Å²) in [5.41, 5.74) is 7.25. The van der Waals surface area contributed by atoms with Gasteiger partial charge in [-0.1, -0.05) is 71.9 Å². The Balaban J connectivity index is 1.69. The molecule has 4 aromatic carbocycles. The number of aryl methyl sites for hydroxylation is 2. The second-order valence-corrected chi connectivity index (χ2v) is 13.4. The van der Waals surface area contributed by atoms with Crippen LogP contribution in [0, 0.1) is 24.7 Å². The first-order valence-corrected chi connectivity index (χ1v) is 13.4. The van der Waals surface area contributed by atoms with Crippen LogP contribution in [0.4, 0.5) is 0 Å². The molecule has 6 rings (SSSR count). The lowest BCUT2D eigenvalue weighted by Gasteiger charge is -2.28. The normalized spacial score (nSPS) is 13.7. The highest BCUT2D eigenvalue weighted by molar-refractivity contribution is 6.16. The minimum Gasteiger partial charge on any atom is -0.456 e. The zero-order valence-electron chi connectivity index (χ0n) is 24.4. The molecule has 0 aliphatic carbocycles. The highest BCUT2D eigenvalue weighted by atomic mass is 16.5. The van der Waals surface area contributed by atoms with Gasteiger partial charge in [-0.15, -0.1) is 0 Å². The topological polar surface area (TPSA) is 22.1 Å². The van der Waals surface area contributed by atoms with Crippen molar-refractivity contribution >= 4 is 32.3 Å². The maximum absolute atomic E-state index is 8.66. The Labute approximate surface area is 222 Å². The molecule has 1 aliphatic heterocycles. The molecule has 0 spiro atoms. The highest BCUT2D eigenvalue weighted by Gasteiger charge is 2.28. The van der Waals surface area contributed by atoms with Gasteiger partial charge in [0.05, 0.1) is 12.5 Å². The number of ether oxygens (including phenoxy) is 1. The number of aromatic nitrogens is 1. The van der Waals surface area contributed by atoms with Crippen LogP contribution in [0.25, 0.3) is 43.6 Å². The molecule has 37 heavy (non-hydrogen) atoms. The molecule has 0 fully saturated rings. The fourth-order valence-electron chi connectivity index (χ4n) is 5.90. The number of rotatable bonds is 2. The van der Waals surface area contributed by atoms with Gasteiger partial charge in [-0.3, -0.25) is 4.98 Å². The van der Waals surface area contributed by atoms with Gasteiger partial charge in [0, 0.05) is 17.3 Å². The van der Waals surface area contributed by atoms with Crippen LogP contribution in [0.15, 0.2) is 54.7 Å². The van der Waals surface area contributed by atoms with Gasteiger partial charge in [-0.05, 0) is 99.3 Å². The lowest BCUT2D eigenvalue weighted by Crippen LogP contribution is -2.12. The van der Waals surface area contributed by atoms with E-state index in [9.17, 15) is 0 Å². The number of hydrogen-bond donors (Lipinski definition) is 0. The first-order chi connectivity index (χ1) is 17.8. The predicted molar refractivity (Wildman–Crippen MR) is 158 cm³/mol. The highest BCUT2D eigenvalue weighted by Crippen LogP contribution is 2.51. The molecule has 2 nitrogen and oxygen atoms in total. The molecule has 0 atom stereocenters. The van der Waals surface area contributed by atoms with Crippen molar-refractivity contribution in [2.24, 2.45) is 10.8 Å². The average molecular weight is 489 g/mol. The molecule has 5 aromatic rings. The van der Waals surface area contributed by atoms with Gasteiger partial charge in [-0.25, -0.2) is 0 Å². The van der Waals surface area contributed by atoms with E-state index < -0.39 is 0 Å². The Hall–Kier alpha value is -3.39. The average Bonchev–Trinajstić information content (AvgIpc) is 2.78. The summed E-state index contributed by atoms with van der Waals surface area (Å²) in [5, 5.41) is 6.80. The summed E-state index contributed by atoms with van der Waals surface area (Å²) in [4.78, 5) is 4.82. The fraction of sp³-hybridized carbons (Fsp3) is 0.343.